The number of ether oxygens (including phenoxy) is 4. The maximum atomic E-state index is 11.8. The van der Waals surface area contributed by atoms with E-state index in [4.69, 9.17) is 9.47 Å². The lowest BCUT2D eigenvalue weighted by atomic mass is 9.89. The van der Waals surface area contributed by atoms with Gasteiger partial charge in [-0.2, -0.15) is 0 Å². The predicted molar refractivity (Wildman–Crippen MR) is 96.0 cm³/mol. The first-order chi connectivity index (χ1) is 13.2. The van der Waals surface area contributed by atoms with Crippen LogP contribution in [0, 0.1) is 10.1 Å². The van der Waals surface area contributed by atoms with E-state index >= 15 is 0 Å². The van der Waals surface area contributed by atoms with Gasteiger partial charge in [0.05, 0.1) is 30.5 Å². The van der Waals surface area contributed by atoms with E-state index in [1.807, 2.05) is 0 Å². The third-order valence-electron chi connectivity index (χ3n) is 4.41. The van der Waals surface area contributed by atoms with Crippen molar-refractivity contribution in [2.75, 3.05) is 21.3 Å². The lowest BCUT2D eigenvalue weighted by Gasteiger charge is -2.34. The maximum Gasteiger partial charge on any atom is 0.513 e. The van der Waals surface area contributed by atoms with E-state index in [1.165, 1.54) is 18.2 Å². The van der Waals surface area contributed by atoms with E-state index in [9.17, 15) is 19.7 Å². The number of nitrogens with zero attached hydrogens (tertiary/aromatic N) is 2. The van der Waals surface area contributed by atoms with Crippen LogP contribution in [0.25, 0.3) is 0 Å². The quantitative estimate of drug-likeness (QED) is 0.430. The van der Waals surface area contributed by atoms with E-state index < -0.39 is 23.2 Å². The molecule has 10 nitrogen and oxygen atoms in total. The molecule has 1 aromatic carbocycles. The molecule has 0 amide bonds. The molecule has 150 valence electrons. The second-order valence-electron chi connectivity index (χ2n) is 5.82. The molecule has 0 radical (unpaired) electrons. The van der Waals surface area contributed by atoms with Crippen LogP contribution in [0.1, 0.15) is 25.3 Å². The number of methoxy groups -OCH3 is 2. The van der Waals surface area contributed by atoms with Gasteiger partial charge in [0, 0.05) is 18.7 Å². The molecule has 0 saturated carbocycles. The molecule has 0 aliphatic carbocycles. The van der Waals surface area contributed by atoms with E-state index in [2.05, 4.69) is 9.47 Å². The summed E-state index contributed by atoms with van der Waals surface area (Å²) in [7, 11) is 3.94. The molecule has 0 atom stereocenters. The topological polar surface area (TPSA) is 117 Å². The smallest absolute Gasteiger partial charge is 0.437 e. The van der Waals surface area contributed by atoms with Crippen molar-refractivity contribution in [1.82, 2.24) is 4.90 Å². The SMILES string of the molecule is COC(=O)OC1=C(C)N(C)C(C)=C(OC(=O)OC)C1c1ccccc1[N+](=O)[O-]. The monoisotopic (exact) mass is 392 g/mol. The summed E-state index contributed by atoms with van der Waals surface area (Å²) in [5, 5.41) is 11.6. The van der Waals surface area contributed by atoms with E-state index in [-0.39, 0.29) is 22.8 Å². The Hall–Kier alpha value is -3.56. The highest BCUT2D eigenvalue weighted by atomic mass is 16.7. The Labute approximate surface area is 161 Å². The maximum absolute atomic E-state index is 11.8. The van der Waals surface area contributed by atoms with Gasteiger partial charge in [-0.1, -0.05) is 18.2 Å². The Bertz CT molecular complexity index is 832. The molecule has 0 fully saturated rings. The van der Waals surface area contributed by atoms with Gasteiger partial charge in [-0.15, -0.1) is 0 Å². The highest BCUT2D eigenvalue weighted by Gasteiger charge is 2.40. The Morgan fingerprint density at radius 2 is 1.46 bits per heavy atom. The molecule has 0 saturated heterocycles. The van der Waals surface area contributed by atoms with Gasteiger partial charge in [-0.05, 0) is 13.8 Å². The fraction of sp³-hybridized carbons (Fsp3) is 0.333. The summed E-state index contributed by atoms with van der Waals surface area (Å²) in [6.45, 7) is 3.33. The minimum absolute atomic E-state index is 0.0353. The lowest BCUT2D eigenvalue weighted by Crippen LogP contribution is -2.30. The van der Waals surface area contributed by atoms with Gasteiger partial charge in [0.15, 0.2) is 0 Å². The Balaban J connectivity index is 2.74. The van der Waals surface area contributed by atoms with Crippen LogP contribution in [-0.2, 0) is 18.9 Å². The van der Waals surface area contributed by atoms with Gasteiger partial charge >= 0.3 is 12.3 Å². The molecule has 10 heteroatoms. The van der Waals surface area contributed by atoms with Crippen LogP contribution in [-0.4, -0.2) is 43.4 Å². The molecule has 1 aliphatic rings. The molecule has 1 aliphatic heterocycles. The van der Waals surface area contributed by atoms with Gasteiger partial charge < -0.3 is 23.8 Å². The number of nitro benzene ring substituents is 1. The molecule has 1 heterocycles. The molecular weight excluding hydrogens is 372 g/mol. The third kappa shape index (κ3) is 3.90. The van der Waals surface area contributed by atoms with E-state index in [0.29, 0.717) is 11.4 Å². The van der Waals surface area contributed by atoms with Gasteiger partial charge in [0.2, 0.25) is 0 Å². The Kier molecular flexibility index (Phi) is 6.24. The number of carbonyl (C=O) groups is 2. The van der Waals surface area contributed by atoms with Gasteiger partial charge in [0.1, 0.15) is 17.4 Å². The van der Waals surface area contributed by atoms with Crippen LogP contribution in [0.15, 0.2) is 47.2 Å². The summed E-state index contributed by atoms with van der Waals surface area (Å²) >= 11 is 0. The largest absolute Gasteiger partial charge is 0.513 e. The fourth-order valence-corrected chi connectivity index (χ4v) is 2.83. The summed E-state index contributed by atoms with van der Waals surface area (Å²) in [4.78, 5) is 36.3. The Morgan fingerprint density at radius 3 is 1.89 bits per heavy atom. The number of allylic oxidation sites excluding steroid dienone is 2. The third-order valence-corrected chi connectivity index (χ3v) is 4.41. The molecule has 2 rings (SSSR count). The molecule has 0 spiro atoms. The summed E-state index contributed by atoms with van der Waals surface area (Å²) in [5.41, 5.74) is 0.929. The van der Waals surface area contributed by atoms with Crippen molar-refractivity contribution in [3.8, 4) is 0 Å². The van der Waals surface area contributed by atoms with Gasteiger partial charge in [0.25, 0.3) is 5.69 Å². The van der Waals surface area contributed by atoms with Crippen molar-refractivity contribution in [3.63, 3.8) is 0 Å². The number of rotatable bonds is 4. The van der Waals surface area contributed by atoms with Crippen LogP contribution in [0.2, 0.25) is 0 Å². The summed E-state index contributed by atoms with van der Waals surface area (Å²) < 4.78 is 19.7. The number of benzene rings is 1. The first kappa shape index (κ1) is 20.7. The minimum atomic E-state index is -1.05. The highest BCUT2D eigenvalue weighted by Crippen LogP contribution is 2.45. The van der Waals surface area contributed by atoms with Crippen LogP contribution < -0.4 is 0 Å². The molecule has 28 heavy (non-hydrogen) atoms. The first-order valence-electron chi connectivity index (χ1n) is 8.13. The summed E-state index contributed by atoms with van der Waals surface area (Å²) in [6.07, 6.45) is -2.02. The van der Waals surface area contributed by atoms with E-state index in [0.717, 1.165) is 14.2 Å². The van der Waals surface area contributed by atoms with Crippen molar-refractivity contribution in [2.24, 2.45) is 0 Å². The van der Waals surface area contributed by atoms with E-state index in [1.54, 1.807) is 31.9 Å². The average molecular weight is 392 g/mol. The van der Waals surface area contributed by atoms with Crippen molar-refractivity contribution in [1.29, 1.82) is 0 Å². The van der Waals surface area contributed by atoms with Crippen molar-refractivity contribution >= 4 is 18.0 Å². The Morgan fingerprint density at radius 1 is 1.00 bits per heavy atom. The first-order valence-corrected chi connectivity index (χ1v) is 8.13. The average Bonchev–Trinajstić information content (AvgIpc) is 2.69. The number of hydrogen-bond donors (Lipinski definition) is 0. The molecule has 1 aromatic rings. The second-order valence-corrected chi connectivity index (χ2v) is 5.82. The fourth-order valence-electron chi connectivity index (χ4n) is 2.83. The normalized spacial score (nSPS) is 14.7. The number of para-hydroxylation sites is 1. The van der Waals surface area contributed by atoms with Crippen molar-refractivity contribution in [3.05, 3.63) is 62.9 Å². The summed E-state index contributed by atoms with van der Waals surface area (Å²) in [5.74, 6) is -0.975. The zero-order valence-corrected chi connectivity index (χ0v) is 16.0. The zero-order valence-electron chi connectivity index (χ0n) is 16.0. The number of nitro groups is 1. The molecule has 0 unspecified atom stereocenters. The minimum Gasteiger partial charge on any atom is -0.437 e. The predicted octanol–water partition coefficient (Wildman–Crippen LogP) is 3.65. The standard InChI is InChI=1S/C18H20N2O8/c1-10-15(27-17(21)25-4)14(12-8-6-7-9-13(12)20(23)24)16(11(2)19(10)3)28-18(22)26-5/h6-9,14H,1-5H3. The summed E-state index contributed by atoms with van der Waals surface area (Å²) in [6, 6.07) is 5.90. The highest BCUT2D eigenvalue weighted by molar-refractivity contribution is 5.65. The lowest BCUT2D eigenvalue weighted by molar-refractivity contribution is -0.385. The zero-order chi connectivity index (χ0) is 21.0. The van der Waals surface area contributed by atoms with Crippen LogP contribution in [0.3, 0.4) is 0 Å². The number of hydrogen-bond acceptors (Lipinski definition) is 9. The van der Waals surface area contributed by atoms with Crippen molar-refractivity contribution < 1.29 is 33.5 Å². The molecule has 0 N–H and O–H groups in total. The molecular formula is C18H20N2O8. The van der Waals surface area contributed by atoms with Crippen molar-refractivity contribution in [2.45, 2.75) is 19.8 Å². The number of carbonyl (C=O) groups excluding carboxylic acids is 2. The van der Waals surface area contributed by atoms with Gasteiger partial charge in [-0.25, -0.2) is 9.59 Å². The van der Waals surface area contributed by atoms with Crippen LogP contribution in [0.5, 0.6) is 0 Å². The van der Waals surface area contributed by atoms with Gasteiger partial charge in [-0.3, -0.25) is 10.1 Å². The molecule has 0 bridgehead atoms. The second kappa shape index (κ2) is 8.42. The van der Waals surface area contributed by atoms with Crippen LogP contribution >= 0.6 is 0 Å². The molecule has 0 aromatic heterocycles. The van der Waals surface area contributed by atoms with Crippen LogP contribution in [0.4, 0.5) is 15.3 Å².